The molecular formula is C6H11N3O3S. The van der Waals surface area contributed by atoms with Crippen molar-refractivity contribution in [3.8, 4) is 0 Å². The van der Waals surface area contributed by atoms with Crippen LogP contribution in [0.2, 0.25) is 0 Å². The molecule has 0 radical (unpaired) electrons. The van der Waals surface area contributed by atoms with Gasteiger partial charge in [0.05, 0.1) is 18.6 Å². The minimum Gasteiger partial charge on any atom is -0.387 e. The topological polar surface area (TPSA) is 85.1 Å². The second-order valence-corrected chi connectivity index (χ2v) is 4.54. The molecule has 0 bridgehead atoms. The third-order valence-corrected chi connectivity index (χ3v) is 2.42. The number of nitrogens with zero attached hydrogens (tertiary/aromatic N) is 3. The lowest BCUT2D eigenvalue weighted by molar-refractivity contribution is 0.169. The Kier molecular flexibility index (Phi) is 2.67. The molecule has 0 fully saturated rings. The van der Waals surface area contributed by atoms with E-state index in [0.717, 1.165) is 10.3 Å². The van der Waals surface area contributed by atoms with Gasteiger partial charge in [0.2, 0.25) is 0 Å². The number of aliphatic hydroxyl groups excluding tert-OH is 1. The van der Waals surface area contributed by atoms with E-state index in [-0.39, 0.29) is 5.69 Å². The molecular weight excluding hydrogens is 194 g/mol. The molecule has 13 heavy (non-hydrogen) atoms. The molecule has 0 amide bonds. The zero-order valence-electron chi connectivity index (χ0n) is 7.38. The highest BCUT2D eigenvalue weighted by molar-refractivity contribution is 7.89. The van der Waals surface area contributed by atoms with Crippen molar-refractivity contribution in [3.05, 3.63) is 11.9 Å². The minimum atomic E-state index is -3.39. The second kappa shape index (κ2) is 3.43. The Morgan fingerprint density at radius 3 is 2.69 bits per heavy atom. The van der Waals surface area contributed by atoms with Gasteiger partial charge in [-0.25, -0.2) is 8.42 Å². The van der Waals surface area contributed by atoms with Gasteiger partial charge in [-0.05, 0) is 6.42 Å². The van der Waals surface area contributed by atoms with Gasteiger partial charge in [-0.15, -0.1) is 9.19 Å². The van der Waals surface area contributed by atoms with E-state index in [1.807, 2.05) is 0 Å². The monoisotopic (exact) mass is 205 g/mol. The highest BCUT2D eigenvalue weighted by Crippen LogP contribution is 2.12. The van der Waals surface area contributed by atoms with Crippen molar-refractivity contribution in [2.45, 2.75) is 19.4 Å². The first-order valence-corrected chi connectivity index (χ1v) is 5.61. The molecule has 0 aliphatic heterocycles. The van der Waals surface area contributed by atoms with E-state index >= 15 is 0 Å². The Bertz CT molecular complexity index is 384. The standard InChI is InChI=1S/C6H11N3O3S/c1-3-6(10)5-4-9(8-7-5)13(2,11)12/h4,6,10H,3H2,1-2H3. The van der Waals surface area contributed by atoms with Crippen molar-refractivity contribution in [3.63, 3.8) is 0 Å². The third kappa shape index (κ3) is 2.25. The predicted molar refractivity (Wildman–Crippen MR) is 45.5 cm³/mol. The summed E-state index contributed by atoms with van der Waals surface area (Å²) in [6, 6.07) is 0. The van der Waals surface area contributed by atoms with Crippen LogP contribution in [0.1, 0.15) is 25.1 Å². The van der Waals surface area contributed by atoms with Crippen LogP contribution in [0.15, 0.2) is 6.20 Å². The lowest BCUT2D eigenvalue weighted by Gasteiger charge is -1.99. The summed E-state index contributed by atoms with van der Waals surface area (Å²) in [5.74, 6) is 0. The molecule has 1 N–H and O–H groups in total. The van der Waals surface area contributed by atoms with E-state index in [1.54, 1.807) is 6.92 Å². The highest BCUT2D eigenvalue weighted by Gasteiger charge is 2.13. The van der Waals surface area contributed by atoms with Crippen LogP contribution in [0.5, 0.6) is 0 Å². The zero-order valence-corrected chi connectivity index (χ0v) is 8.19. The van der Waals surface area contributed by atoms with E-state index in [2.05, 4.69) is 10.3 Å². The number of aromatic nitrogens is 3. The average Bonchev–Trinajstić information content (AvgIpc) is 2.50. The summed E-state index contributed by atoms with van der Waals surface area (Å²) in [7, 11) is -3.39. The Hall–Kier alpha value is -0.950. The van der Waals surface area contributed by atoms with Gasteiger partial charge in [-0.2, -0.15) is 0 Å². The summed E-state index contributed by atoms with van der Waals surface area (Å²) in [5.41, 5.74) is 0.271. The minimum absolute atomic E-state index is 0.271. The van der Waals surface area contributed by atoms with Crippen LogP contribution in [0, 0.1) is 0 Å². The van der Waals surface area contributed by atoms with Crippen LogP contribution < -0.4 is 0 Å². The van der Waals surface area contributed by atoms with Crippen molar-refractivity contribution < 1.29 is 13.5 Å². The Morgan fingerprint density at radius 1 is 1.69 bits per heavy atom. The first-order chi connectivity index (χ1) is 5.95. The van der Waals surface area contributed by atoms with Crippen LogP contribution in [0.25, 0.3) is 0 Å². The van der Waals surface area contributed by atoms with Gasteiger partial charge >= 0.3 is 0 Å². The van der Waals surface area contributed by atoms with Gasteiger partial charge in [-0.1, -0.05) is 12.1 Å². The molecule has 74 valence electrons. The number of hydrogen-bond donors (Lipinski definition) is 1. The lowest BCUT2D eigenvalue weighted by atomic mass is 10.2. The van der Waals surface area contributed by atoms with Crippen molar-refractivity contribution in [2.75, 3.05) is 6.26 Å². The number of hydrogen-bond acceptors (Lipinski definition) is 5. The molecule has 1 aromatic rings. The number of rotatable bonds is 3. The first-order valence-electron chi connectivity index (χ1n) is 3.76. The second-order valence-electron chi connectivity index (χ2n) is 2.70. The average molecular weight is 205 g/mol. The zero-order chi connectivity index (χ0) is 10.1. The molecule has 7 heteroatoms. The van der Waals surface area contributed by atoms with Crippen LogP contribution in [-0.2, 0) is 10.0 Å². The van der Waals surface area contributed by atoms with E-state index in [4.69, 9.17) is 0 Å². The molecule has 6 nitrogen and oxygen atoms in total. The van der Waals surface area contributed by atoms with Crippen LogP contribution in [-0.4, -0.2) is 34.2 Å². The highest BCUT2D eigenvalue weighted by atomic mass is 32.2. The predicted octanol–water partition coefficient (Wildman–Crippen LogP) is -0.471. The van der Waals surface area contributed by atoms with Crippen LogP contribution in [0.4, 0.5) is 0 Å². The molecule has 1 atom stereocenters. The Balaban J connectivity index is 3.00. The summed E-state index contributed by atoms with van der Waals surface area (Å²) in [4.78, 5) is 0. The molecule has 0 saturated carbocycles. The van der Waals surface area contributed by atoms with Crippen molar-refractivity contribution in [1.29, 1.82) is 0 Å². The van der Waals surface area contributed by atoms with Crippen molar-refractivity contribution in [1.82, 2.24) is 14.4 Å². The van der Waals surface area contributed by atoms with Crippen molar-refractivity contribution >= 4 is 10.0 Å². The maximum Gasteiger partial charge on any atom is 0.252 e. The van der Waals surface area contributed by atoms with Crippen LogP contribution in [0.3, 0.4) is 0 Å². The molecule has 1 heterocycles. The molecule has 1 aromatic heterocycles. The van der Waals surface area contributed by atoms with Gasteiger partial charge in [0, 0.05) is 0 Å². The van der Waals surface area contributed by atoms with Crippen LogP contribution >= 0.6 is 0 Å². The lowest BCUT2D eigenvalue weighted by Crippen LogP contribution is -2.10. The summed E-state index contributed by atoms with van der Waals surface area (Å²) < 4.78 is 22.6. The normalized spacial score (nSPS) is 14.4. The number of aliphatic hydroxyl groups is 1. The van der Waals surface area contributed by atoms with E-state index in [9.17, 15) is 13.5 Å². The molecule has 0 saturated heterocycles. The van der Waals surface area contributed by atoms with E-state index in [1.165, 1.54) is 6.20 Å². The molecule has 0 aromatic carbocycles. The summed E-state index contributed by atoms with van der Waals surface area (Å²) >= 11 is 0. The largest absolute Gasteiger partial charge is 0.387 e. The van der Waals surface area contributed by atoms with Crippen molar-refractivity contribution in [2.24, 2.45) is 0 Å². The molecule has 0 aliphatic carbocycles. The van der Waals surface area contributed by atoms with E-state index in [0.29, 0.717) is 6.42 Å². The molecule has 0 aliphatic rings. The fourth-order valence-electron chi connectivity index (χ4n) is 0.784. The van der Waals surface area contributed by atoms with Gasteiger partial charge in [0.25, 0.3) is 10.0 Å². The SMILES string of the molecule is CCC(O)c1cn(S(C)(=O)=O)nn1. The molecule has 0 spiro atoms. The summed E-state index contributed by atoms with van der Waals surface area (Å²) in [5, 5.41) is 16.2. The summed E-state index contributed by atoms with van der Waals surface area (Å²) in [6.45, 7) is 1.77. The van der Waals surface area contributed by atoms with Gasteiger partial charge in [0.1, 0.15) is 5.69 Å². The third-order valence-electron chi connectivity index (χ3n) is 1.56. The maximum atomic E-state index is 10.9. The quantitative estimate of drug-likeness (QED) is 0.721. The van der Waals surface area contributed by atoms with Gasteiger partial charge in [0.15, 0.2) is 0 Å². The fourth-order valence-corrected chi connectivity index (χ4v) is 1.25. The van der Waals surface area contributed by atoms with Gasteiger partial charge in [-0.3, -0.25) is 0 Å². The molecule has 1 rings (SSSR count). The smallest absolute Gasteiger partial charge is 0.252 e. The first kappa shape index (κ1) is 10.1. The molecule has 1 unspecified atom stereocenters. The fraction of sp³-hybridized carbons (Fsp3) is 0.667. The maximum absolute atomic E-state index is 10.9. The summed E-state index contributed by atoms with van der Waals surface area (Å²) in [6.07, 6.45) is 1.95. The Morgan fingerprint density at radius 2 is 2.31 bits per heavy atom. The van der Waals surface area contributed by atoms with E-state index < -0.39 is 16.1 Å². The van der Waals surface area contributed by atoms with Gasteiger partial charge < -0.3 is 5.11 Å². The Labute approximate surface area is 76.2 Å².